The van der Waals surface area contributed by atoms with Gasteiger partial charge in [-0.25, -0.2) is 0 Å². The first-order valence-corrected chi connectivity index (χ1v) is 9.92. The minimum atomic E-state index is -1.06. The Morgan fingerprint density at radius 2 is 2.10 bits per heavy atom. The number of fused-ring (bicyclic) bond motifs is 4. The quantitative estimate of drug-likeness (QED) is 0.712. The third-order valence-corrected chi connectivity index (χ3v) is 7.05. The van der Waals surface area contributed by atoms with Crippen molar-refractivity contribution in [3.63, 3.8) is 0 Å². The van der Waals surface area contributed by atoms with Crippen LogP contribution in [0.1, 0.15) is 30.0 Å². The van der Waals surface area contributed by atoms with Crippen molar-refractivity contribution in [3.8, 4) is 17.1 Å². The molecule has 150 valence electrons. The SMILES string of the molecule is COc1ccc2c(c1)[C@@]1(C)CCN(C)C(C2)[C@]1(O)c1cccc(-c2nn[nH]n2)c1. The largest absolute Gasteiger partial charge is 0.497 e. The second-order valence-corrected chi connectivity index (χ2v) is 8.39. The van der Waals surface area contributed by atoms with E-state index in [1.807, 2.05) is 30.3 Å². The fraction of sp³-hybridized carbons (Fsp3) is 0.409. The first kappa shape index (κ1) is 18.3. The molecule has 0 radical (unpaired) electrons. The molecule has 2 aromatic carbocycles. The normalized spacial score (nSPS) is 28.8. The van der Waals surface area contributed by atoms with Crippen LogP contribution in [0.3, 0.4) is 0 Å². The summed E-state index contributed by atoms with van der Waals surface area (Å²) in [4.78, 5) is 2.29. The van der Waals surface area contributed by atoms with Gasteiger partial charge >= 0.3 is 0 Å². The Labute approximate surface area is 169 Å². The number of benzene rings is 2. The number of rotatable bonds is 3. The van der Waals surface area contributed by atoms with Crippen LogP contribution in [0.25, 0.3) is 11.4 Å². The van der Waals surface area contributed by atoms with Crippen molar-refractivity contribution in [2.45, 2.75) is 36.8 Å². The molecule has 7 heteroatoms. The van der Waals surface area contributed by atoms with Gasteiger partial charge in [0.25, 0.3) is 0 Å². The summed E-state index contributed by atoms with van der Waals surface area (Å²) in [5, 5.41) is 26.8. The Bertz CT molecular complexity index is 1050. The van der Waals surface area contributed by atoms with Gasteiger partial charge in [-0.1, -0.05) is 31.2 Å². The van der Waals surface area contributed by atoms with Gasteiger partial charge < -0.3 is 9.84 Å². The van der Waals surface area contributed by atoms with Gasteiger partial charge in [0, 0.05) is 17.0 Å². The van der Waals surface area contributed by atoms with Gasteiger partial charge in [-0.05, 0) is 66.5 Å². The van der Waals surface area contributed by atoms with Crippen LogP contribution >= 0.6 is 0 Å². The van der Waals surface area contributed by atoms with Crippen LogP contribution in [-0.2, 0) is 17.4 Å². The average molecular weight is 391 g/mol. The highest BCUT2D eigenvalue weighted by Crippen LogP contribution is 2.56. The van der Waals surface area contributed by atoms with E-state index in [2.05, 4.69) is 51.6 Å². The monoisotopic (exact) mass is 391 g/mol. The number of aromatic nitrogens is 4. The maximum atomic E-state index is 12.4. The number of piperidine rings is 1. The van der Waals surface area contributed by atoms with Gasteiger partial charge in [0.15, 0.2) is 0 Å². The van der Waals surface area contributed by atoms with Crippen LogP contribution in [-0.4, -0.2) is 57.4 Å². The summed E-state index contributed by atoms with van der Waals surface area (Å²) in [5.41, 5.74) is 2.68. The summed E-state index contributed by atoms with van der Waals surface area (Å²) >= 11 is 0. The molecule has 7 nitrogen and oxygen atoms in total. The Hall–Kier alpha value is -2.77. The standard InChI is InChI=1S/C22H25N5O2/c1-21-9-10-27(2)19(12-14-7-8-17(29-3)13-18(14)21)22(21,28)16-6-4-5-15(11-16)20-23-25-26-24-20/h4-8,11,13,19,28H,9-10,12H2,1-3H3,(H,23,24,25,26)/t19?,21-,22-/m1/s1. The molecule has 1 aliphatic carbocycles. The fourth-order valence-electron chi connectivity index (χ4n) is 5.35. The number of tetrazole rings is 1. The van der Waals surface area contributed by atoms with Crippen LogP contribution < -0.4 is 4.74 Å². The second-order valence-electron chi connectivity index (χ2n) is 8.39. The van der Waals surface area contributed by atoms with E-state index in [1.54, 1.807) is 7.11 Å². The molecule has 2 N–H and O–H groups in total. The number of nitrogens with one attached hydrogen (secondary N) is 1. The third-order valence-electron chi connectivity index (χ3n) is 7.05. The summed E-state index contributed by atoms with van der Waals surface area (Å²) in [5.74, 6) is 1.35. The lowest BCUT2D eigenvalue weighted by atomic mass is 9.53. The van der Waals surface area contributed by atoms with Crippen LogP contribution in [0.5, 0.6) is 5.75 Å². The van der Waals surface area contributed by atoms with Crippen LogP contribution in [0.4, 0.5) is 0 Å². The Morgan fingerprint density at radius 1 is 1.24 bits per heavy atom. The maximum Gasteiger partial charge on any atom is 0.204 e. The highest BCUT2D eigenvalue weighted by molar-refractivity contribution is 5.58. The summed E-state index contributed by atoms with van der Waals surface area (Å²) in [7, 11) is 3.79. The lowest BCUT2D eigenvalue weighted by Gasteiger charge is -2.60. The van der Waals surface area contributed by atoms with Gasteiger partial charge in [-0.3, -0.25) is 4.90 Å². The van der Waals surface area contributed by atoms with Gasteiger partial charge in [0.2, 0.25) is 5.82 Å². The van der Waals surface area contributed by atoms with E-state index in [0.717, 1.165) is 36.3 Å². The summed E-state index contributed by atoms with van der Waals surface area (Å²) < 4.78 is 5.51. The number of nitrogens with zero attached hydrogens (tertiary/aromatic N) is 4. The zero-order chi connectivity index (χ0) is 20.2. The van der Waals surface area contributed by atoms with Crippen molar-refractivity contribution in [2.24, 2.45) is 0 Å². The number of likely N-dealkylation sites (tertiary alicyclic amines) is 1. The molecule has 3 aromatic rings. The smallest absolute Gasteiger partial charge is 0.204 e. The van der Waals surface area contributed by atoms with Gasteiger partial charge in [-0.15, -0.1) is 10.2 Å². The van der Waals surface area contributed by atoms with E-state index in [1.165, 1.54) is 11.1 Å². The van der Waals surface area contributed by atoms with Gasteiger partial charge in [-0.2, -0.15) is 5.21 Å². The van der Waals surface area contributed by atoms with Gasteiger partial charge in [0.05, 0.1) is 7.11 Å². The molecular weight excluding hydrogens is 366 g/mol. The zero-order valence-corrected chi connectivity index (χ0v) is 16.9. The third kappa shape index (κ3) is 2.47. The first-order valence-electron chi connectivity index (χ1n) is 9.92. The molecule has 2 heterocycles. The molecular formula is C22H25N5O2. The maximum absolute atomic E-state index is 12.4. The Morgan fingerprint density at radius 3 is 2.86 bits per heavy atom. The molecule has 0 saturated carbocycles. The van der Waals surface area contributed by atoms with Crippen LogP contribution in [0, 0.1) is 0 Å². The highest BCUT2D eigenvalue weighted by atomic mass is 16.5. The molecule has 0 spiro atoms. The van der Waals surface area contributed by atoms with E-state index in [9.17, 15) is 5.11 Å². The van der Waals surface area contributed by atoms with Crippen LogP contribution in [0.15, 0.2) is 42.5 Å². The number of H-pyrrole nitrogens is 1. The van der Waals surface area contributed by atoms with Crippen LogP contribution in [0.2, 0.25) is 0 Å². The topological polar surface area (TPSA) is 87.2 Å². The van der Waals surface area contributed by atoms with Crippen molar-refractivity contribution in [3.05, 3.63) is 59.2 Å². The highest BCUT2D eigenvalue weighted by Gasteiger charge is 2.60. The van der Waals surface area contributed by atoms with Crippen molar-refractivity contribution in [1.82, 2.24) is 25.5 Å². The van der Waals surface area contributed by atoms with Crippen molar-refractivity contribution >= 4 is 0 Å². The predicted octanol–water partition coefficient (Wildman–Crippen LogP) is 2.28. The van der Waals surface area contributed by atoms with Crippen molar-refractivity contribution in [2.75, 3.05) is 20.7 Å². The van der Waals surface area contributed by atoms with E-state index in [0.29, 0.717) is 5.82 Å². The fourth-order valence-corrected chi connectivity index (χ4v) is 5.35. The summed E-state index contributed by atoms with van der Waals surface area (Å²) in [6.45, 7) is 3.12. The van der Waals surface area contributed by atoms with E-state index in [4.69, 9.17) is 4.74 Å². The van der Waals surface area contributed by atoms with Crippen molar-refractivity contribution < 1.29 is 9.84 Å². The molecule has 1 saturated heterocycles. The van der Waals surface area contributed by atoms with Crippen molar-refractivity contribution in [1.29, 1.82) is 0 Å². The number of hydrogen-bond acceptors (Lipinski definition) is 6. The Kier molecular flexibility index (Phi) is 4.01. The zero-order valence-electron chi connectivity index (χ0n) is 16.9. The molecule has 5 rings (SSSR count). The molecule has 29 heavy (non-hydrogen) atoms. The summed E-state index contributed by atoms with van der Waals surface area (Å²) in [6, 6.07) is 14.2. The molecule has 1 aliphatic heterocycles. The molecule has 2 bridgehead atoms. The lowest BCUT2D eigenvalue weighted by Crippen LogP contribution is -2.67. The molecule has 1 aromatic heterocycles. The molecule has 3 atom stereocenters. The molecule has 0 amide bonds. The van der Waals surface area contributed by atoms with E-state index >= 15 is 0 Å². The molecule has 1 fully saturated rings. The van der Waals surface area contributed by atoms with E-state index in [-0.39, 0.29) is 6.04 Å². The number of aliphatic hydroxyl groups is 1. The summed E-state index contributed by atoms with van der Waals surface area (Å²) in [6.07, 6.45) is 1.64. The number of likely N-dealkylation sites (N-methyl/N-ethyl adjacent to an activating group) is 1. The molecule has 2 aliphatic rings. The number of methoxy groups -OCH3 is 1. The second kappa shape index (κ2) is 6.37. The van der Waals surface area contributed by atoms with Gasteiger partial charge in [0.1, 0.15) is 11.4 Å². The minimum absolute atomic E-state index is 0.0253. The van der Waals surface area contributed by atoms with E-state index < -0.39 is 11.0 Å². The lowest BCUT2D eigenvalue weighted by molar-refractivity contribution is -0.141. The molecule has 1 unspecified atom stereocenters. The average Bonchev–Trinajstić information content (AvgIpc) is 3.28. The number of aromatic amines is 1. The minimum Gasteiger partial charge on any atom is -0.497 e. The first-order chi connectivity index (χ1) is 14.0. The Balaban J connectivity index is 1.71. The predicted molar refractivity (Wildman–Crippen MR) is 109 cm³/mol. The number of ether oxygens (including phenoxy) is 1. The number of hydrogen-bond donors (Lipinski definition) is 2.